The lowest BCUT2D eigenvalue weighted by Crippen LogP contribution is -2.21. The van der Waals surface area contributed by atoms with Gasteiger partial charge in [0, 0.05) is 12.1 Å². The Morgan fingerprint density at radius 2 is 1.82 bits per heavy atom. The van der Waals surface area contributed by atoms with E-state index in [0.29, 0.717) is 5.56 Å². The molecule has 1 fully saturated rings. The fourth-order valence-corrected chi connectivity index (χ4v) is 4.71. The zero-order valence-electron chi connectivity index (χ0n) is 18.0. The summed E-state index contributed by atoms with van der Waals surface area (Å²) in [6, 6.07) is 12.6. The lowest BCUT2D eigenvalue weighted by Gasteiger charge is -2.19. The van der Waals surface area contributed by atoms with Gasteiger partial charge in [0.1, 0.15) is 34.1 Å². The lowest BCUT2D eigenvalue weighted by molar-refractivity contribution is 0.480. The maximum Gasteiger partial charge on any atom is 0.296 e. The summed E-state index contributed by atoms with van der Waals surface area (Å²) in [4.78, 5) is 0. The number of aryl methyl sites for hydroxylation is 1. The predicted molar refractivity (Wildman–Crippen MR) is 129 cm³/mol. The van der Waals surface area contributed by atoms with E-state index >= 15 is 0 Å². The fraction of sp³-hybridized carbons (Fsp3) is 0.182. The van der Waals surface area contributed by atoms with E-state index in [2.05, 4.69) is 14.8 Å². The molecule has 1 aliphatic rings. The number of rotatable bonds is 9. The van der Waals surface area contributed by atoms with E-state index in [4.69, 9.17) is 9.88 Å². The van der Waals surface area contributed by atoms with Gasteiger partial charge in [0.05, 0.1) is 22.3 Å². The maximum absolute atomic E-state index is 14.6. The molecule has 34 heavy (non-hydrogen) atoms. The van der Waals surface area contributed by atoms with Crippen LogP contribution in [0.2, 0.25) is 0 Å². The highest BCUT2D eigenvalue weighted by Gasteiger charge is 2.30. The monoisotopic (exact) mass is 508 g/mol. The SMILES string of the molecule is Cc1ccc(Nc2cc(F)cc(Oc3cccc(NS(N)(=O)=O)c3)c2NS(=O)C2CC2)c(F)c1. The number of nitrogens with two attached hydrogens (primary N) is 1. The van der Waals surface area contributed by atoms with E-state index in [1.54, 1.807) is 13.0 Å². The minimum absolute atomic E-state index is 0.0308. The average Bonchev–Trinajstić information content (AvgIpc) is 3.57. The Balaban J connectivity index is 1.72. The molecule has 0 bridgehead atoms. The molecule has 8 nitrogen and oxygen atoms in total. The van der Waals surface area contributed by atoms with Crippen molar-refractivity contribution in [2.45, 2.75) is 25.0 Å². The van der Waals surface area contributed by atoms with Gasteiger partial charge in [-0.25, -0.2) is 18.1 Å². The van der Waals surface area contributed by atoms with Crippen LogP contribution < -0.4 is 24.6 Å². The molecule has 0 radical (unpaired) electrons. The van der Waals surface area contributed by atoms with Gasteiger partial charge in [-0.2, -0.15) is 8.42 Å². The summed E-state index contributed by atoms with van der Waals surface area (Å²) in [6.07, 6.45) is 1.57. The number of halogens is 2. The highest BCUT2D eigenvalue weighted by Crippen LogP contribution is 2.41. The molecular formula is C22H22F2N4O4S2. The minimum Gasteiger partial charge on any atom is -0.455 e. The van der Waals surface area contributed by atoms with Crippen molar-refractivity contribution >= 4 is 43.9 Å². The highest BCUT2D eigenvalue weighted by atomic mass is 32.2. The second kappa shape index (κ2) is 9.57. The molecular weight excluding hydrogens is 486 g/mol. The van der Waals surface area contributed by atoms with Gasteiger partial charge in [-0.05, 0) is 55.7 Å². The second-order valence-corrected chi connectivity index (χ2v) is 10.6. The predicted octanol–water partition coefficient (Wildman–Crippen LogP) is 4.66. The summed E-state index contributed by atoms with van der Waals surface area (Å²) in [5, 5.41) is 7.80. The minimum atomic E-state index is -4.01. The Morgan fingerprint density at radius 3 is 2.50 bits per heavy atom. The quantitative estimate of drug-likeness (QED) is 0.335. The van der Waals surface area contributed by atoms with E-state index < -0.39 is 32.8 Å². The molecule has 4 rings (SSSR count). The van der Waals surface area contributed by atoms with Gasteiger partial charge in [-0.3, -0.25) is 9.44 Å². The molecule has 1 unspecified atom stereocenters. The van der Waals surface area contributed by atoms with Gasteiger partial charge < -0.3 is 10.1 Å². The van der Waals surface area contributed by atoms with Crippen molar-refractivity contribution in [2.24, 2.45) is 5.14 Å². The third-order valence-corrected chi connectivity index (χ3v) is 6.82. The van der Waals surface area contributed by atoms with Crippen LogP contribution in [0.3, 0.4) is 0 Å². The van der Waals surface area contributed by atoms with Crippen LogP contribution in [-0.2, 0) is 21.2 Å². The van der Waals surface area contributed by atoms with Gasteiger partial charge in [-0.15, -0.1) is 0 Å². The molecule has 1 atom stereocenters. The van der Waals surface area contributed by atoms with E-state index in [1.165, 1.54) is 36.4 Å². The van der Waals surface area contributed by atoms with Crippen LogP contribution in [0.4, 0.5) is 31.5 Å². The van der Waals surface area contributed by atoms with Gasteiger partial charge in [0.2, 0.25) is 0 Å². The molecule has 0 aromatic heterocycles. The number of nitrogens with one attached hydrogen (secondary N) is 3. The maximum atomic E-state index is 14.6. The molecule has 1 aliphatic carbocycles. The smallest absolute Gasteiger partial charge is 0.296 e. The Kier molecular flexibility index (Phi) is 6.73. The third kappa shape index (κ3) is 6.22. The van der Waals surface area contributed by atoms with Crippen LogP contribution in [0.25, 0.3) is 0 Å². The number of benzene rings is 3. The largest absolute Gasteiger partial charge is 0.455 e. The van der Waals surface area contributed by atoms with Crippen LogP contribution in [0.5, 0.6) is 11.5 Å². The van der Waals surface area contributed by atoms with Gasteiger partial charge in [0.25, 0.3) is 10.2 Å². The number of anilines is 4. The van der Waals surface area contributed by atoms with Crippen LogP contribution in [-0.4, -0.2) is 17.9 Å². The molecule has 180 valence electrons. The molecule has 3 aromatic rings. The van der Waals surface area contributed by atoms with E-state index in [0.717, 1.165) is 25.0 Å². The summed E-state index contributed by atoms with van der Waals surface area (Å²) < 4.78 is 75.1. The van der Waals surface area contributed by atoms with E-state index in [9.17, 15) is 21.4 Å². The Hall–Kier alpha value is -3.22. The zero-order chi connectivity index (χ0) is 24.5. The molecule has 0 heterocycles. The van der Waals surface area contributed by atoms with Gasteiger partial charge >= 0.3 is 0 Å². The molecule has 1 saturated carbocycles. The third-order valence-electron chi connectivity index (χ3n) is 4.81. The van der Waals surface area contributed by atoms with Crippen LogP contribution in [0.15, 0.2) is 54.6 Å². The van der Waals surface area contributed by atoms with Crippen molar-refractivity contribution in [3.63, 3.8) is 0 Å². The summed E-state index contributed by atoms with van der Waals surface area (Å²) in [6.45, 7) is 1.74. The first kappa shape index (κ1) is 23.9. The van der Waals surface area contributed by atoms with Crippen LogP contribution in [0, 0.1) is 18.6 Å². The Labute approximate surface area is 198 Å². The first-order valence-electron chi connectivity index (χ1n) is 10.2. The zero-order valence-corrected chi connectivity index (χ0v) is 19.6. The summed E-state index contributed by atoms with van der Waals surface area (Å²) in [7, 11) is -5.49. The summed E-state index contributed by atoms with van der Waals surface area (Å²) >= 11 is 0. The molecule has 0 aliphatic heterocycles. The van der Waals surface area contributed by atoms with Crippen LogP contribution >= 0.6 is 0 Å². The fourth-order valence-electron chi connectivity index (χ4n) is 3.11. The number of hydrogen-bond acceptors (Lipinski definition) is 5. The normalized spacial score (nSPS) is 14.4. The topological polar surface area (TPSA) is 123 Å². The molecule has 0 amide bonds. The molecule has 0 saturated heterocycles. The van der Waals surface area contributed by atoms with Crippen molar-refractivity contribution in [3.05, 3.63) is 71.8 Å². The second-order valence-electron chi connectivity index (χ2n) is 7.81. The number of ether oxygens (including phenoxy) is 1. The van der Waals surface area contributed by atoms with Crippen molar-refractivity contribution < 1.29 is 26.1 Å². The van der Waals surface area contributed by atoms with E-state index in [-0.39, 0.29) is 39.5 Å². The summed E-state index contributed by atoms with van der Waals surface area (Å²) in [5.74, 6) is -1.10. The molecule has 0 spiro atoms. The first-order chi connectivity index (χ1) is 16.1. The Morgan fingerprint density at radius 1 is 1.06 bits per heavy atom. The standard InChI is InChI=1S/C22H22F2N4O4S2/c1-13-5-8-19(18(24)9-13)26-20-10-14(23)11-21(22(20)27-33(29)17-6-7-17)32-16-4-2-3-15(12-16)28-34(25,30)31/h2-5,8-12,17,26-28H,6-7H2,1H3,(H2,25,30,31). The summed E-state index contributed by atoms with van der Waals surface area (Å²) in [5.41, 5.74) is 1.23. The lowest BCUT2D eigenvalue weighted by atomic mass is 10.2. The van der Waals surface area contributed by atoms with Crippen molar-refractivity contribution in [3.8, 4) is 11.5 Å². The average molecular weight is 509 g/mol. The van der Waals surface area contributed by atoms with Gasteiger partial charge in [0.15, 0.2) is 5.75 Å². The van der Waals surface area contributed by atoms with Crippen molar-refractivity contribution in [1.82, 2.24) is 0 Å². The van der Waals surface area contributed by atoms with Gasteiger partial charge in [-0.1, -0.05) is 12.1 Å². The molecule has 12 heteroatoms. The van der Waals surface area contributed by atoms with Crippen molar-refractivity contribution in [2.75, 3.05) is 14.8 Å². The molecule has 3 aromatic carbocycles. The van der Waals surface area contributed by atoms with Crippen LogP contribution in [0.1, 0.15) is 18.4 Å². The number of hydrogen-bond donors (Lipinski definition) is 4. The molecule has 5 N–H and O–H groups in total. The van der Waals surface area contributed by atoms with E-state index in [1.807, 2.05) is 0 Å². The highest BCUT2D eigenvalue weighted by molar-refractivity contribution is 7.90. The first-order valence-corrected chi connectivity index (χ1v) is 13.0. The Bertz CT molecular complexity index is 1370. The van der Waals surface area contributed by atoms with Crippen molar-refractivity contribution in [1.29, 1.82) is 0 Å².